The van der Waals surface area contributed by atoms with E-state index >= 15 is 0 Å². The molecule has 3 rings (SSSR count). The Morgan fingerprint density at radius 2 is 2.04 bits per heavy atom. The number of likely N-dealkylation sites (tertiary alicyclic amines) is 1. The molecule has 1 atom stereocenters. The summed E-state index contributed by atoms with van der Waals surface area (Å²) in [5.41, 5.74) is 1.40. The molecule has 1 aromatic heterocycles. The van der Waals surface area contributed by atoms with Gasteiger partial charge in [0.2, 0.25) is 0 Å². The van der Waals surface area contributed by atoms with Crippen molar-refractivity contribution < 1.29 is 14.3 Å². The maximum atomic E-state index is 12.7. The molecule has 1 saturated heterocycles. The first-order valence-electron chi connectivity index (χ1n) is 9.19. The van der Waals surface area contributed by atoms with Gasteiger partial charge < -0.3 is 14.4 Å². The maximum Gasteiger partial charge on any atom is 0.349 e. The molecule has 1 N–H and O–H groups in total. The van der Waals surface area contributed by atoms with Crippen LogP contribution in [0.5, 0.6) is 0 Å². The third-order valence-electron chi connectivity index (χ3n) is 4.83. The smallest absolute Gasteiger partial charge is 0.349 e. The lowest BCUT2D eigenvalue weighted by molar-refractivity contribution is 0.0469. The van der Waals surface area contributed by atoms with Crippen LogP contribution in [0, 0.1) is 6.92 Å². The lowest BCUT2D eigenvalue weighted by atomic mass is 10.0. The van der Waals surface area contributed by atoms with Gasteiger partial charge in [-0.3, -0.25) is 4.79 Å². The number of rotatable bonds is 5. The highest BCUT2D eigenvalue weighted by molar-refractivity contribution is 5.95. The zero-order valence-corrected chi connectivity index (χ0v) is 15.1. The van der Waals surface area contributed by atoms with Crippen LogP contribution < -0.4 is 5.63 Å². The van der Waals surface area contributed by atoms with Gasteiger partial charge in [0.05, 0.1) is 6.10 Å². The van der Waals surface area contributed by atoms with Gasteiger partial charge >= 0.3 is 5.63 Å². The minimum Gasteiger partial charge on any atom is -0.427 e. The van der Waals surface area contributed by atoms with Crippen LogP contribution in [0.2, 0.25) is 0 Å². The molecule has 1 aliphatic rings. The molecular formula is C21H25NO4. The normalized spacial score (nSPS) is 17.3. The molecule has 5 heteroatoms. The van der Waals surface area contributed by atoms with E-state index in [9.17, 15) is 14.7 Å². The number of nitrogens with zero attached hydrogens (tertiary/aromatic N) is 1. The van der Waals surface area contributed by atoms with Crippen molar-refractivity contribution in [1.82, 2.24) is 4.90 Å². The van der Waals surface area contributed by atoms with Crippen LogP contribution in [-0.2, 0) is 12.8 Å². The molecule has 0 saturated carbocycles. The molecule has 2 aromatic rings. The second kappa shape index (κ2) is 8.32. The number of aliphatic hydroxyl groups is 1. The highest BCUT2D eigenvalue weighted by Gasteiger charge is 2.27. The van der Waals surface area contributed by atoms with Gasteiger partial charge in [-0.2, -0.15) is 0 Å². The molecule has 1 aliphatic heterocycles. The van der Waals surface area contributed by atoms with Gasteiger partial charge in [0.1, 0.15) is 11.3 Å². The zero-order chi connectivity index (χ0) is 18.5. The van der Waals surface area contributed by atoms with Crippen molar-refractivity contribution in [2.45, 2.75) is 45.1 Å². The van der Waals surface area contributed by atoms with Crippen molar-refractivity contribution in [2.24, 2.45) is 0 Å². The molecule has 5 nitrogen and oxygen atoms in total. The summed E-state index contributed by atoms with van der Waals surface area (Å²) in [5.74, 6) is 0.268. The molecule has 0 aliphatic carbocycles. The average molecular weight is 355 g/mol. The molecule has 1 fully saturated rings. The Kier molecular flexibility index (Phi) is 5.89. The van der Waals surface area contributed by atoms with Gasteiger partial charge in [-0.15, -0.1) is 0 Å². The fraction of sp³-hybridized carbons (Fsp3) is 0.429. The van der Waals surface area contributed by atoms with Crippen molar-refractivity contribution in [3.8, 4) is 0 Å². The largest absolute Gasteiger partial charge is 0.427 e. The van der Waals surface area contributed by atoms with Gasteiger partial charge in [-0.1, -0.05) is 30.3 Å². The first-order chi connectivity index (χ1) is 12.5. The van der Waals surface area contributed by atoms with Crippen LogP contribution in [-0.4, -0.2) is 35.1 Å². The molecule has 0 spiro atoms. The Morgan fingerprint density at radius 1 is 1.27 bits per heavy atom. The fourth-order valence-electron chi connectivity index (χ4n) is 3.46. The van der Waals surface area contributed by atoms with E-state index in [2.05, 4.69) is 12.1 Å². The van der Waals surface area contributed by atoms with Gasteiger partial charge in [0.25, 0.3) is 5.91 Å². The predicted octanol–water partition coefficient (Wildman–Crippen LogP) is 2.72. The number of hydrogen-bond donors (Lipinski definition) is 1. The SMILES string of the molecule is Cc1cc(CCCc2ccccc2)oc(=O)c1C(=O)N1CCCC(O)C1. The second-order valence-electron chi connectivity index (χ2n) is 6.94. The standard InChI is InChI=1S/C21H25NO4/c1-15-13-18(11-5-9-16-7-3-2-4-8-16)26-21(25)19(15)20(24)22-12-6-10-17(23)14-22/h2-4,7-8,13,17,23H,5-6,9-12,14H2,1H3. The number of benzene rings is 1. The molecule has 1 aromatic carbocycles. The summed E-state index contributed by atoms with van der Waals surface area (Å²) < 4.78 is 5.40. The lowest BCUT2D eigenvalue weighted by Crippen LogP contribution is -2.43. The van der Waals surface area contributed by atoms with E-state index in [4.69, 9.17) is 4.42 Å². The van der Waals surface area contributed by atoms with Crippen LogP contribution in [0.4, 0.5) is 0 Å². The minimum atomic E-state index is -0.579. The van der Waals surface area contributed by atoms with Crippen molar-refractivity contribution >= 4 is 5.91 Å². The molecule has 26 heavy (non-hydrogen) atoms. The van der Waals surface area contributed by atoms with Crippen LogP contribution in [0.25, 0.3) is 0 Å². The van der Waals surface area contributed by atoms with E-state index in [0.717, 1.165) is 19.3 Å². The Morgan fingerprint density at radius 3 is 2.73 bits per heavy atom. The van der Waals surface area contributed by atoms with E-state index in [0.29, 0.717) is 30.7 Å². The van der Waals surface area contributed by atoms with Gasteiger partial charge in [-0.25, -0.2) is 4.79 Å². The predicted molar refractivity (Wildman–Crippen MR) is 99.3 cm³/mol. The van der Waals surface area contributed by atoms with Crippen molar-refractivity contribution in [3.63, 3.8) is 0 Å². The van der Waals surface area contributed by atoms with Gasteiger partial charge in [-0.05, 0) is 49.8 Å². The third-order valence-corrected chi connectivity index (χ3v) is 4.83. The van der Waals surface area contributed by atoms with Crippen molar-refractivity contribution in [1.29, 1.82) is 0 Å². The van der Waals surface area contributed by atoms with Crippen LogP contribution in [0.3, 0.4) is 0 Å². The number of carbonyl (C=O) groups excluding carboxylic acids is 1. The number of β-amino-alcohol motifs (C(OH)–C–C–N with tert-alkyl or cyclic N) is 1. The summed E-state index contributed by atoms with van der Waals surface area (Å²) in [6.45, 7) is 2.61. The van der Waals surface area contributed by atoms with Crippen LogP contribution in [0.15, 0.2) is 45.6 Å². The highest BCUT2D eigenvalue weighted by Crippen LogP contribution is 2.16. The zero-order valence-electron chi connectivity index (χ0n) is 15.1. The minimum absolute atomic E-state index is 0.0888. The van der Waals surface area contributed by atoms with Crippen LogP contribution >= 0.6 is 0 Å². The topological polar surface area (TPSA) is 70.8 Å². The van der Waals surface area contributed by atoms with Gasteiger partial charge in [0.15, 0.2) is 0 Å². The fourth-order valence-corrected chi connectivity index (χ4v) is 3.46. The number of hydrogen-bond acceptors (Lipinski definition) is 4. The number of amides is 1. The lowest BCUT2D eigenvalue weighted by Gasteiger charge is -2.30. The van der Waals surface area contributed by atoms with Crippen molar-refractivity contribution in [3.05, 3.63) is 69.3 Å². The van der Waals surface area contributed by atoms with E-state index in [1.54, 1.807) is 17.9 Å². The summed E-state index contributed by atoms with van der Waals surface area (Å²) in [5, 5.41) is 9.75. The Bertz CT molecular complexity index is 813. The average Bonchev–Trinajstić information content (AvgIpc) is 2.62. The molecule has 1 unspecified atom stereocenters. The molecule has 0 bridgehead atoms. The van der Waals surface area contributed by atoms with Gasteiger partial charge in [0, 0.05) is 19.5 Å². The van der Waals surface area contributed by atoms with E-state index in [-0.39, 0.29) is 18.0 Å². The number of carbonyl (C=O) groups is 1. The van der Waals surface area contributed by atoms with E-state index in [1.807, 2.05) is 18.2 Å². The third kappa shape index (κ3) is 4.41. The molecule has 2 heterocycles. The maximum absolute atomic E-state index is 12.7. The second-order valence-corrected chi connectivity index (χ2v) is 6.94. The summed E-state index contributed by atoms with van der Waals surface area (Å²) >= 11 is 0. The summed E-state index contributed by atoms with van der Waals surface area (Å²) in [7, 11) is 0. The summed E-state index contributed by atoms with van der Waals surface area (Å²) in [6, 6.07) is 12.0. The first kappa shape index (κ1) is 18.4. The quantitative estimate of drug-likeness (QED) is 0.895. The van der Waals surface area contributed by atoms with Crippen LogP contribution in [0.1, 0.15) is 46.5 Å². The number of aryl methyl sites for hydroxylation is 3. The summed E-state index contributed by atoms with van der Waals surface area (Å²) in [4.78, 5) is 26.6. The monoisotopic (exact) mass is 355 g/mol. The molecule has 1 amide bonds. The Balaban J connectivity index is 1.68. The van der Waals surface area contributed by atoms with Crippen molar-refractivity contribution in [2.75, 3.05) is 13.1 Å². The Hall–Kier alpha value is -2.40. The molecule has 0 radical (unpaired) electrons. The highest BCUT2D eigenvalue weighted by atomic mass is 16.4. The van der Waals surface area contributed by atoms with E-state index in [1.165, 1.54) is 5.56 Å². The summed E-state index contributed by atoms with van der Waals surface area (Å²) in [6.07, 6.45) is 3.36. The number of aliphatic hydroxyl groups excluding tert-OH is 1. The number of piperidine rings is 1. The first-order valence-corrected chi connectivity index (χ1v) is 9.19. The Labute approximate surface area is 153 Å². The molecule has 138 valence electrons. The van der Waals surface area contributed by atoms with E-state index < -0.39 is 11.7 Å². The molecular weight excluding hydrogens is 330 g/mol.